The van der Waals surface area contributed by atoms with Gasteiger partial charge in [-0.3, -0.25) is 4.52 Å². The van der Waals surface area contributed by atoms with Gasteiger partial charge in [0.15, 0.2) is 0 Å². The van der Waals surface area contributed by atoms with E-state index >= 15 is 0 Å². The fourth-order valence-corrected chi connectivity index (χ4v) is 2.72. The van der Waals surface area contributed by atoms with Crippen LogP contribution in [0.25, 0.3) is 0 Å². The second kappa shape index (κ2) is 6.52. The third-order valence-corrected chi connectivity index (χ3v) is 3.84. The third kappa shape index (κ3) is 4.41. The molecule has 7 heteroatoms. The monoisotopic (exact) mass is 310 g/mol. The molecule has 0 unspecified atom stereocenters. The fraction of sp³-hybridized carbons (Fsp3) is 0.143. The van der Waals surface area contributed by atoms with Crippen LogP contribution in [-0.4, -0.2) is 16.8 Å². The van der Waals surface area contributed by atoms with Crippen LogP contribution in [0.5, 0.6) is 23.0 Å². The number of hydrogen-bond acceptors (Lipinski definition) is 6. The van der Waals surface area contributed by atoms with Crippen molar-refractivity contribution < 1.29 is 28.3 Å². The summed E-state index contributed by atoms with van der Waals surface area (Å²) in [6, 6.07) is 11.4. The molecular weight excluding hydrogens is 295 g/mol. The molecule has 0 heterocycles. The average molecular weight is 310 g/mol. The van der Waals surface area contributed by atoms with Crippen molar-refractivity contribution in [1.82, 2.24) is 0 Å². The lowest BCUT2D eigenvalue weighted by Gasteiger charge is -2.18. The summed E-state index contributed by atoms with van der Waals surface area (Å²) in [6.45, 7) is 1.79. The predicted octanol–water partition coefficient (Wildman–Crippen LogP) is 3.70. The van der Waals surface area contributed by atoms with Crippen molar-refractivity contribution in [3.63, 3.8) is 0 Å². The van der Waals surface area contributed by atoms with Crippen LogP contribution in [0.15, 0.2) is 48.5 Å². The first-order chi connectivity index (χ1) is 10.0. The molecule has 0 aliphatic carbocycles. The number of hydrogen-bond donors (Lipinski definition) is 2. The van der Waals surface area contributed by atoms with E-state index in [1.807, 2.05) is 0 Å². The van der Waals surface area contributed by atoms with Crippen LogP contribution in [0.1, 0.15) is 6.92 Å². The van der Waals surface area contributed by atoms with Crippen LogP contribution in [0.4, 0.5) is 0 Å². The molecule has 2 aromatic rings. The summed E-state index contributed by atoms with van der Waals surface area (Å²) < 4.78 is 28.2. The number of rotatable bonds is 6. The minimum Gasteiger partial charge on any atom is -0.508 e. The zero-order valence-electron chi connectivity index (χ0n) is 11.3. The van der Waals surface area contributed by atoms with Crippen molar-refractivity contribution in [2.24, 2.45) is 0 Å². The van der Waals surface area contributed by atoms with E-state index < -0.39 is 7.82 Å². The Morgan fingerprint density at radius 2 is 1.24 bits per heavy atom. The molecule has 21 heavy (non-hydrogen) atoms. The Hall–Kier alpha value is -2.17. The quantitative estimate of drug-likeness (QED) is 0.791. The van der Waals surface area contributed by atoms with Gasteiger partial charge in [0.2, 0.25) is 0 Å². The maximum absolute atomic E-state index is 12.5. The van der Waals surface area contributed by atoms with Crippen molar-refractivity contribution >= 4 is 7.82 Å². The van der Waals surface area contributed by atoms with E-state index in [-0.39, 0.29) is 29.6 Å². The number of phosphoric acid groups is 1. The first kappa shape index (κ1) is 15.2. The minimum atomic E-state index is -3.86. The maximum Gasteiger partial charge on any atom is 0.587 e. The first-order valence-electron chi connectivity index (χ1n) is 6.22. The van der Waals surface area contributed by atoms with Gasteiger partial charge in [0, 0.05) is 0 Å². The van der Waals surface area contributed by atoms with E-state index in [0.717, 1.165) is 0 Å². The molecule has 0 saturated carbocycles. The Morgan fingerprint density at radius 3 is 1.57 bits per heavy atom. The molecule has 0 fully saturated rings. The molecule has 2 N–H and O–H groups in total. The van der Waals surface area contributed by atoms with Crippen LogP contribution in [0.3, 0.4) is 0 Å². The van der Waals surface area contributed by atoms with Crippen LogP contribution in [0.2, 0.25) is 0 Å². The molecule has 2 rings (SSSR count). The highest BCUT2D eigenvalue weighted by Gasteiger charge is 2.30. The Kier molecular flexibility index (Phi) is 4.73. The van der Waals surface area contributed by atoms with Crippen LogP contribution in [-0.2, 0) is 9.09 Å². The highest BCUT2D eigenvalue weighted by atomic mass is 31.2. The summed E-state index contributed by atoms with van der Waals surface area (Å²) in [6.07, 6.45) is 0. The number of phosphoric ester groups is 1. The van der Waals surface area contributed by atoms with Gasteiger partial charge in [0.05, 0.1) is 6.61 Å². The maximum atomic E-state index is 12.5. The lowest BCUT2D eigenvalue weighted by molar-refractivity contribution is 0.219. The van der Waals surface area contributed by atoms with Crippen molar-refractivity contribution in [2.45, 2.75) is 6.92 Å². The summed E-state index contributed by atoms with van der Waals surface area (Å²) >= 11 is 0. The van der Waals surface area contributed by atoms with Gasteiger partial charge in [-0.2, -0.15) is 0 Å². The van der Waals surface area contributed by atoms with Gasteiger partial charge in [-0.15, -0.1) is 0 Å². The summed E-state index contributed by atoms with van der Waals surface area (Å²) in [4.78, 5) is 0. The summed E-state index contributed by atoms with van der Waals surface area (Å²) in [5.41, 5.74) is 0. The zero-order chi connectivity index (χ0) is 15.3. The molecular formula is C14H15O6P. The Bertz CT molecular complexity index is 571. The Balaban J connectivity index is 2.17. The molecule has 0 aromatic heterocycles. The van der Waals surface area contributed by atoms with E-state index in [1.165, 1.54) is 48.5 Å². The summed E-state index contributed by atoms with van der Waals surface area (Å²) in [5, 5.41) is 18.4. The van der Waals surface area contributed by atoms with Crippen LogP contribution < -0.4 is 9.05 Å². The van der Waals surface area contributed by atoms with E-state index in [4.69, 9.17) is 13.6 Å². The molecule has 0 aliphatic heterocycles. The van der Waals surface area contributed by atoms with E-state index in [0.29, 0.717) is 0 Å². The molecule has 2 aromatic carbocycles. The molecule has 0 spiro atoms. The molecule has 0 radical (unpaired) electrons. The Labute approximate surface area is 122 Å². The molecule has 0 saturated heterocycles. The highest BCUT2D eigenvalue weighted by Crippen LogP contribution is 2.49. The van der Waals surface area contributed by atoms with Gasteiger partial charge >= 0.3 is 7.82 Å². The van der Waals surface area contributed by atoms with Crippen LogP contribution >= 0.6 is 7.82 Å². The van der Waals surface area contributed by atoms with Gasteiger partial charge in [-0.05, 0) is 55.5 Å². The fourth-order valence-electron chi connectivity index (χ4n) is 1.50. The summed E-state index contributed by atoms with van der Waals surface area (Å²) in [7, 11) is -3.86. The topological polar surface area (TPSA) is 85.2 Å². The number of phenols is 2. The minimum absolute atomic E-state index is 0.0630. The van der Waals surface area contributed by atoms with Crippen molar-refractivity contribution in [3.8, 4) is 23.0 Å². The Morgan fingerprint density at radius 1 is 0.857 bits per heavy atom. The van der Waals surface area contributed by atoms with Crippen molar-refractivity contribution in [1.29, 1.82) is 0 Å². The van der Waals surface area contributed by atoms with E-state index in [2.05, 4.69) is 0 Å². The third-order valence-electron chi connectivity index (χ3n) is 2.40. The highest BCUT2D eigenvalue weighted by molar-refractivity contribution is 7.49. The standard InChI is InChI=1S/C14H15O6P/c1-2-18-21(17,19-13-7-3-11(15)4-8-13)20-14-9-5-12(16)6-10-14/h3-10,15-16H,2H2,1H3. The van der Waals surface area contributed by atoms with Crippen molar-refractivity contribution in [2.75, 3.05) is 6.61 Å². The largest absolute Gasteiger partial charge is 0.587 e. The predicted molar refractivity (Wildman–Crippen MR) is 76.7 cm³/mol. The molecule has 0 aliphatic rings. The lowest BCUT2D eigenvalue weighted by atomic mass is 10.3. The second-order valence-electron chi connectivity index (χ2n) is 4.04. The van der Waals surface area contributed by atoms with E-state index in [9.17, 15) is 14.8 Å². The van der Waals surface area contributed by atoms with Crippen molar-refractivity contribution in [3.05, 3.63) is 48.5 Å². The number of benzene rings is 2. The zero-order valence-corrected chi connectivity index (χ0v) is 12.2. The van der Waals surface area contributed by atoms with Crippen LogP contribution in [0, 0.1) is 0 Å². The average Bonchev–Trinajstić information content (AvgIpc) is 2.44. The molecule has 112 valence electrons. The van der Waals surface area contributed by atoms with E-state index in [1.54, 1.807) is 6.92 Å². The first-order valence-corrected chi connectivity index (χ1v) is 7.68. The molecule has 6 nitrogen and oxygen atoms in total. The lowest BCUT2D eigenvalue weighted by Crippen LogP contribution is -2.04. The van der Waals surface area contributed by atoms with Gasteiger partial charge in [-0.25, -0.2) is 4.57 Å². The summed E-state index contributed by atoms with van der Waals surface area (Å²) in [5.74, 6) is 0.604. The van der Waals surface area contributed by atoms with Gasteiger partial charge in [-0.1, -0.05) is 0 Å². The molecule has 0 amide bonds. The normalized spacial score (nSPS) is 11.1. The SMILES string of the molecule is CCOP(=O)(Oc1ccc(O)cc1)Oc1ccc(O)cc1. The number of phenolic OH excluding ortho intramolecular Hbond substituents is 2. The van der Waals surface area contributed by atoms with Gasteiger partial charge < -0.3 is 19.3 Å². The molecule has 0 atom stereocenters. The van der Waals surface area contributed by atoms with Gasteiger partial charge in [0.25, 0.3) is 0 Å². The smallest absolute Gasteiger partial charge is 0.508 e. The second-order valence-corrected chi connectivity index (χ2v) is 5.55. The molecule has 0 bridgehead atoms. The number of aromatic hydroxyl groups is 2. The van der Waals surface area contributed by atoms with Gasteiger partial charge in [0.1, 0.15) is 23.0 Å².